The quantitative estimate of drug-likeness (QED) is 0.913. The molecule has 1 aromatic carbocycles. The lowest BCUT2D eigenvalue weighted by Crippen LogP contribution is -2.28. The minimum Gasteiger partial charge on any atom is -0.369 e. The Kier molecular flexibility index (Phi) is 3.21. The van der Waals surface area contributed by atoms with E-state index >= 15 is 0 Å². The van der Waals surface area contributed by atoms with Crippen LogP contribution in [-0.2, 0) is 9.59 Å². The van der Waals surface area contributed by atoms with Crippen molar-refractivity contribution in [2.24, 2.45) is 11.7 Å². The molecule has 0 aliphatic carbocycles. The summed E-state index contributed by atoms with van der Waals surface area (Å²) < 4.78 is 1.96. The Hall–Kier alpha value is -2.63. The lowest BCUT2D eigenvalue weighted by molar-refractivity contribution is -0.123. The number of amides is 2. The predicted octanol–water partition coefficient (Wildman–Crippen LogP) is 1.02. The zero-order valence-corrected chi connectivity index (χ0v) is 11.7. The molecular formula is C15H16N4O2. The van der Waals surface area contributed by atoms with E-state index in [4.69, 9.17) is 5.73 Å². The van der Waals surface area contributed by atoms with Crippen LogP contribution in [0.25, 0.3) is 5.69 Å². The maximum absolute atomic E-state index is 12.0. The first-order valence-corrected chi connectivity index (χ1v) is 6.76. The van der Waals surface area contributed by atoms with Crippen LogP contribution in [0.4, 0.5) is 5.69 Å². The lowest BCUT2D eigenvalue weighted by Gasteiger charge is -2.17. The number of aromatic nitrogens is 2. The van der Waals surface area contributed by atoms with E-state index in [1.165, 1.54) is 0 Å². The van der Waals surface area contributed by atoms with Gasteiger partial charge in [-0.2, -0.15) is 0 Å². The van der Waals surface area contributed by atoms with Crippen LogP contribution >= 0.6 is 0 Å². The zero-order chi connectivity index (χ0) is 15.0. The van der Waals surface area contributed by atoms with Crippen molar-refractivity contribution in [2.75, 3.05) is 11.4 Å². The molecule has 2 heterocycles. The molecule has 2 aromatic rings. The highest BCUT2D eigenvalue weighted by Gasteiger charge is 2.33. The number of carbonyl (C=O) groups excluding carboxylic acids is 2. The Bertz CT molecular complexity index is 690. The summed E-state index contributed by atoms with van der Waals surface area (Å²) in [5.74, 6) is 0.0173. The largest absolute Gasteiger partial charge is 0.369 e. The van der Waals surface area contributed by atoms with Crippen LogP contribution in [0.3, 0.4) is 0 Å². The molecule has 3 rings (SSSR count). The van der Waals surface area contributed by atoms with Crippen molar-refractivity contribution in [3.8, 4) is 5.69 Å². The van der Waals surface area contributed by atoms with Crippen molar-refractivity contribution in [1.82, 2.24) is 9.55 Å². The lowest BCUT2D eigenvalue weighted by atomic mass is 10.1. The number of primary amides is 1. The average molecular weight is 284 g/mol. The molecule has 1 aromatic heterocycles. The number of benzene rings is 1. The van der Waals surface area contributed by atoms with Gasteiger partial charge in [0, 0.05) is 36.7 Å². The second kappa shape index (κ2) is 5.05. The Morgan fingerprint density at radius 2 is 1.95 bits per heavy atom. The number of rotatable bonds is 3. The van der Waals surface area contributed by atoms with Gasteiger partial charge in [-0.25, -0.2) is 4.98 Å². The van der Waals surface area contributed by atoms with Gasteiger partial charge < -0.3 is 15.2 Å². The standard InChI is InChI=1S/C15H16N4O2/c1-10-17-6-7-18(10)12-2-4-13(5-3-12)19-9-11(15(16)21)8-14(19)20/h2-7,11H,8-9H2,1H3,(H2,16,21). The summed E-state index contributed by atoms with van der Waals surface area (Å²) in [5.41, 5.74) is 7.04. The molecule has 1 fully saturated rings. The topological polar surface area (TPSA) is 81.2 Å². The van der Waals surface area contributed by atoms with Gasteiger partial charge in [0.1, 0.15) is 5.82 Å². The van der Waals surface area contributed by atoms with Gasteiger partial charge in [-0.05, 0) is 31.2 Å². The summed E-state index contributed by atoms with van der Waals surface area (Å²) >= 11 is 0. The molecule has 108 valence electrons. The summed E-state index contributed by atoms with van der Waals surface area (Å²) in [5, 5.41) is 0. The van der Waals surface area contributed by atoms with Gasteiger partial charge >= 0.3 is 0 Å². The van der Waals surface area contributed by atoms with Crippen LogP contribution in [0.5, 0.6) is 0 Å². The SMILES string of the molecule is Cc1nccn1-c1ccc(N2CC(C(N)=O)CC2=O)cc1. The van der Waals surface area contributed by atoms with Crippen molar-refractivity contribution in [1.29, 1.82) is 0 Å². The van der Waals surface area contributed by atoms with Crippen LogP contribution in [0.2, 0.25) is 0 Å². The van der Waals surface area contributed by atoms with Crippen LogP contribution < -0.4 is 10.6 Å². The monoisotopic (exact) mass is 284 g/mol. The summed E-state index contributed by atoms with van der Waals surface area (Å²) in [6.45, 7) is 2.28. The molecule has 1 unspecified atom stereocenters. The predicted molar refractivity (Wildman–Crippen MR) is 78.0 cm³/mol. The summed E-state index contributed by atoms with van der Waals surface area (Å²) in [7, 11) is 0. The number of carbonyl (C=O) groups is 2. The first-order valence-electron chi connectivity index (χ1n) is 6.76. The second-order valence-electron chi connectivity index (χ2n) is 5.17. The van der Waals surface area contributed by atoms with E-state index in [1.807, 2.05) is 42.0 Å². The van der Waals surface area contributed by atoms with E-state index in [2.05, 4.69) is 4.98 Å². The number of imidazole rings is 1. The summed E-state index contributed by atoms with van der Waals surface area (Å²) in [4.78, 5) is 29.0. The normalized spacial score (nSPS) is 18.2. The molecule has 1 saturated heterocycles. The minimum atomic E-state index is -0.420. The Morgan fingerprint density at radius 1 is 1.29 bits per heavy atom. The van der Waals surface area contributed by atoms with E-state index in [1.54, 1.807) is 11.1 Å². The molecule has 1 aliphatic heterocycles. The molecular weight excluding hydrogens is 268 g/mol. The highest BCUT2D eigenvalue weighted by Crippen LogP contribution is 2.26. The second-order valence-corrected chi connectivity index (χ2v) is 5.17. The molecule has 1 atom stereocenters. The number of hydrogen-bond acceptors (Lipinski definition) is 3. The van der Waals surface area contributed by atoms with E-state index in [-0.39, 0.29) is 12.3 Å². The minimum absolute atomic E-state index is 0.0645. The van der Waals surface area contributed by atoms with E-state index in [9.17, 15) is 9.59 Å². The van der Waals surface area contributed by atoms with Gasteiger partial charge in [0.2, 0.25) is 11.8 Å². The third kappa shape index (κ3) is 2.40. The van der Waals surface area contributed by atoms with Gasteiger partial charge in [0.25, 0.3) is 0 Å². The zero-order valence-electron chi connectivity index (χ0n) is 11.7. The maximum Gasteiger partial charge on any atom is 0.227 e. The highest BCUT2D eigenvalue weighted by molar-refractivity contribution is 6.00. The van der Waals surface area contributed by atoms with Gasteiger partial charge in [0.15, 0.2) is 0 Å². The van der Waals surface area contributed by atoms with Crippen LogP contribution in [0.15, 0.2) is 36.7 Å². The van der Waals surface area contributed by atoms with Gasteiger partial charge in [0.05, 0.1) is 5.92 Å². The van der Waals surface area contributed by atoms with Gasteiger partial charge in [-0.15, -0.1) is 0 Å². The number of anilines is 1. The smallest absolute Gasteiger partial charge is 0.227 e. The molecule has 6 heteroatoms. The van der Waals surface area contributed by atoms with Crippen LogP contribution in [0, 0.1) is 12.8 Å². The molecule has 1 aliphatic rings. The number of aryl methyl sites for hydroxylation is 1. The van der Waals surface area contributed by atoms with E-state index in [0.717, 1.165) is 17.2 Å². The van der Waals surface area contributed by atoms with Crippen LogP contribution in [0.1, 0.15) is 12.2 Å². The molecule has 2 N–H and O–H groups in total. The van der Waals surface area contributed by atoms with Gasteiger partial charge in [-0.3, -0.25) is 9.59 Å². The Morgan fingerprint density at radius 3 is 2.48 bits per heavy atom. The van der Waals surface area contributed by atoms with Crippen molar-refractivity contribution in [2.45, 2.75) is 13.3 Å². The van der Waals surface area contributed by atoms with Gasteiger partial charge in [-0.1, -0.05) is 0 Å². The molecule has 21 heavy (non-hydrogen) atoms. The Balaban J connectivity index is 1.83. The fourth-order valence-corrected chi connectivity index (χ4v) is 2.59. The molecule has 0 radical (unpaired) electrons. The highest BCUT2D eigenvalue weighted by atomic mass is 16.2. The third-order valence-corrected chi connectivity index (χ3v) is 3.79. The molecule has 2 amide bonds. The number of nitrogens with zero attached hydrogens (tertiary/aromatic N) is 3. The Labute approximate surface area is 122 Å². The fourth-order valence-electron chi connectivity index (χ4n) is 2.59. The first kappa shape index (κ1) is 13.4. The maximum atomic E-state index is 12.0. The van der Waals surface area contributed by atoms with Crippen LogP contribution in [-0.4, -0.2) is 27.9 Å². The van der Waals surface area contributed by atoms with E-state index in [0.29, 0.717) is 6.54 Å². The summed E-state index contributed by atoms with van der Waals surface area (Å²) in [6.07, 6.45) is 3.82. The van der Waals surface area contributed by atoms with Crippen molar-refractivity contribution in [3.05, 3.63) is 42.5 Å². The first-order chi connectivity index (χ1) is 10.1. The average Bonchev–Trinajstić information content (AvgIpc) is 3.05. The number of hydrogen-bond donors (Lipinski definition) is 1. The van der Waals surface area contributed by atoms with Crippen molar-refractivity contribution < 1.29 is 9.59 Å². The molecule has 6 nitrogen and oxygen atoms in total. The van der Waals surface area contributed by atoms with Crippen molar-refractivity contribution in [3.63, 3.8) is 0 Å². The molecule has 0 spiro atoms. The van der Waals surface area contributed by atoms with E-state index < -0.39 is 11.8 Å². The summed E-state index contributed by atoms with van der Waals surface area (Å²) in [6, 6.07) is 7.59. The molecule has 0 saturated carbocycles. The molecule has 0 bridgehead atoms. The third-order valence-electron chi connectivity index (χ3n) is 3.79. The number of nitrogens with two attached hydrogens (primary N) is 1. The fraction of sp³-hybridized carbons (Fsp3) is 0.267. The van der Waals surface area contributed by atoms with Crippen molar-refractivity contribution >= 4 is 17.5 Å².